The van der Waals surface area contributed by atoms with Crippen LogP contribution in [0.5, 0.6) is 0 Å². The van der Waals surface area contributed by atoms with Gasteiger partial charge in [-0.15, -0.1) is 0 Å². The topological polar surface area (TPSA) is 138 Å². The summed E-state index contributed by atoms with van der Waals surface area (Å²) in [5.74, 6) is -0.469. The summed E-state index contributed by atoms with van der Waals surface area (Å²) in [5, 5.41) is 10.1. The van der Waals surface area contributed by atoms with Crippen LogP contribution in [0.1, 0.15) is 155 Å². The van der Waals surface area contributed by atoms with Gasteiger partial charge in [0.25, 0.3) is 0 Å². The molecular weight excluding hydrogens is 713 g/mol. The molecule has 0 aliphatic carbocycles. The van der Waals surface area contributed by atoms with Gasteiger partial charge in [0.1, 0.15) is 6.61 Å². The maximum Gasteiger partial charge on any atom is 0.472 e. The summed E-state index contributed by atoms with van der Waals surface area (Å²) in [7, 11) is -4.33. The van der Waals surface area contributed by atoms with Crippen molar-refractivity contribution in [1.82, 2.24) is 0 Å². The lowest BCUT2D eigenvalue weighted by Gasteiger charge is -2.19. The van der Waals surface area contributed by atoms with Gasteiger partial charge in [0.05, 0.1) is 25.6 Å². The molecule has 4 N–H and O–H groups in total. The van der Waals surface area contributed by atoms with Gasteiger partial charge in [-0.1, -0.05) is 170 Å². The van der Waals surface area contributed by atoms with Gasteiger partial charge < -0.3 is 25.2 Å². The molecule has 55 heavy (non-hydrogen) atoms. The second-order valence-electron chi connectivity index (χ2n) is 13.7. The zero-order valence-electron chi connectivity index (χ0n) is 34.5. The van der Waals surface area contributed by atoms with Crippen LogP contribution in [0.15, 0.2) is 85.3 Å². The van der Waals surface area contributed by atoms with Gasteiger partial charge in [-0.2, -0.15) is 0 Å². The molecule has 0 spiro atoms. The Morgan fingerprint density at radius 2 is 1.25 bits per heavy atom. The lowest BCUT2D eigenvalue weighted by molar-refractivity contribution is -0.153. The molecule has 9 nitrogen and oxygen atoms in total. The van der Waals surface area contributed by atoms with Gasteiger partial charge in [0.2, 0.25) is 0 Å². The summed E-state index contributed by atoms with van der Waals surface area (Å²) in [5.41, 5.74) is 5.35. The summed E-state index contributed by atoms with van der Waals surface area (Å²) in [6, 6.07) is 0. The first-order valence-electron chi connectivity index (χ1n) is 21.2. The molecule has 10 heteroatoms. The number of allylic oxidation sites excluding steroid dienone is 11. The SMILES string of the molecule is CCC=CCC=CCC=CC=CC(O)CC=CCC=CCCC(=O)OC(COC=CCCCCCCCCCCCCCCCC)COP(=O)(O)OCCN. The number of hydrogen-bond donors (Lipinski definition) is 3. The van der Waals surface area contributed by atoms with E-state index in [1.807, 2.05) is 42.5 Å². The molecule has 0 fully saturated rings. The molecule has 0 saturated heterocycles. The predicted molar refractivity (Wildman–Crippen MR) is 230 cm³/mol. The molecule has 0 heterocycles. The van der Waals surface area contributed by atoms with Crippen molar-refractivity contribution in [2.45, 2.75) is 167 Å². The zero-order chi connectivity index (χ0) is 40.3. The molecule has 316 valence electrons. The minimum Gasteiger partial charge on any atom is -0.498 e. The molecule has 0 rings (SSSR count). The Kier molecular flexibility index (Phi) is 39.2. The number of nitrogens with two attached hydrogens (primary N) is 1. The molecule has 0 radical (unpaired) electrons. The lowest BCUT2D eigenvalue weighted by atomic mass is 10.0. The molecule has 0 aromatic heterocycles. The Bertz CT molecular complexity index is 1130. The molecule has 3 unspecified atom stereocenters. The molecular formula is C45H78NO8P. The normalized spacial score (nSPS) is 14.9. The van der Waals surface area contributed by atoms with Crippen molar-refractivity contribution in [3.63, 3.8) is 0 Å². The highest BCUT2D eigenvalue weighted by molar-refractivity contribution is 7.47. The summed E-state index contributed by atoms with van der Waals surface area (Å²) in [6.07, 6.45) is 50.1. The first-order chi connectivity index (χ1) is 26.8. The van der Waals surface area contributed by atoms with E-state index in [9.17, 15) is 19.4 Å². The Morgan fingerprint density at radius 3 is 1.89 bits per heavy atom. The Morgan fingerprint density at radius 1 is 0.673 bits per heavy atom. The van der Waals surface area contributed by atoms with E-state index in [4.69, 9.17) is 24.3 Å². The minimum absolute atomic E-state index is 0.0234. The third-order valence-corrected chi connectivity index (χ3v) is 9.47. The number of phosphoric acid groups is 1. The van der Waals surface area contributed by atoms with Gasteiger partial charge in [0, 0.05) is 13.0 Å². The van der Waals surface area contributed by atoms with Crippen molar-refractivity contribution in [2.75, 3.05) is 26.4 Å². The summed E-state index contributed by atoms with van der Waals surface area (Å²) < 4.78 is 33.0. The van der Waals surface area contributed by atoms with Gasteiger partial charge in [-0.3, -0.25) is 13.8 Å². The number of unbranched alkanes of at least 4 members (excludes halogenated alkanes) is 14. The van der Waals surface area contributed by atoms with Crippen molar-refractivity contribution >= 4 is 13.8 Å². The number of esters is 1. The van der Waals surface area contributed by atoms with Crippen LogP contribution in [0.25, 0.3) is 0 Å². The smallest absolute Gasteiger partial charge is 0.472 e. The van der Waals surface area contributed by atoms with E-state index in [1.165, 1.54) is 83.5 Å². The van der Waals surface area contributed by atoms with Gasteiger partial charge in [0.15, 0.2) is 6.10 Å². The van der Waals surface area contributed by atoms with Gasteiger partial charge in [-0.05, 0) is 57.4 Å². The van der Waals surface area contributed by atoms with E-state index in [-0.39, 0.29) is 32.8 Å². The van der Waals surface area contributed by atoms with Crippen molar-refractivity contribution in [3.8, 4) is 0 Å². The fraction of sp³-hybridized carbons (Fsp3) is 0.667. The van der Waals surface area contributed by atoms with E-state index in [1.54, 1.807) is 12.3 Å². The van der Waals surface area contributed by atoms with E-state index < -0.39 is 26.0 Å². The van der Waals surface area contributed by atoms with E-state index in [0.717, 1.165) is 32.1 Å². The largest absolute Gasteiger partial charge is 0.498 e. The van der Waals surface area contributed by atoms with Crippen LogP contribution in [-0.2, 0) is 27.9 Å². The number of carbonyl (C=O) groups is 1. The number of phosphoric ester groups is 1. The quantitative estimate of drug-likeness (QED) is 0.0139. The number of ether oxygens (including phenoxy) is 2. The van der Waals surface area contributed by atoms with Gasteiger partial charge >= 0.3 is 13.8 Å². The van der Waals surface area contributed by atoms with Crippen LogP contribution in [0, 0.1) is 0 Å². The van der Waals surface area contributed by atoms with Crippen LogP contribution in [0.2, 0.25) is 0 Å². The van der Waals surface area contributed by atoms with Crippen LogP contribution in [0.4, 0.5) is 0 Å². The average Bonchev–Trinajstić information content (AvgIpc) is 3.17. The van der Waals surface area contributed by atoms with Crippen LogP contribution < -0.4 is 5.73 Å². The van der Waals surface area contributed by atoms with Crippen LogP contribution >= 0.6 is 7.82 Å². The molecule has 0 aliphatic rings. The highest BCUT2D eigenvalue weighted by atomic mass is 31.2. The number of aliphatic hydroxyl groups is 1. The third kappa shape index (κ3) is 40.9. The molecule has 0 amide bonds. The monoisotopic (exact) mass is 792 g/mol. The third-order valence-electron chi connectivity index (χ3n) is 8.48. The highest BCUT2D eigenvalue weighted by Crippen LogP contribution is 2.43. The number of carbonyl (C=O) groups excluding carboxylic acids is 1. The number of hydrogen-bond acceptors (Lipinski definition) is 8. The van der Waals surface area contributed by atoms with Crippen molar-refractivity contribution in [2.24, 2.45) is 5.73 Å². The molecule has 0 aromatic carbocycles. The Hall–Kier alpha value is -2.52. The maximum absolute atomic E-state index is 12.5. The first-order valence-corrected chi connectivity index (χ1v) is 22.7. The van der Waals surface area contributed by atoms with Crippen LogP contribution in [0.3, 0.4) is 0 Å². The van der Waals surface area contributed by atoms with Crippen molar-refractivity contribution in [1.29, 1.82) is 0 Å². The lowest BCUT2D eigenvalue weighted by Crippen LogP contribution is -2.27. The van der Waals surface area contributed by atoms with Crippen molar-refractivity contribution in [3.05, 3.63) is 85.3 Å². The Labute approximate surface area is 335 Å². The molecule has 3 atom stereocenters. The summed E-state index contributed by atoms with van der Waals surface area (Å²) in [4.78, 5) is 22.4. The number of rotatable bonds is 39. The van der Waals surface area contributed by atoms with Crippen molar-refractivity contribution < 1.29 is 37.9 Å². The standard InChI is InChI=1S/C45H78NO8P/c1-3-5-7-9-11-13-15-16-17-18-19-20-22-26-30-34-39-51-41-44(42-53-55(49,50)52-40-38-46)54-45(48)37-33-29-25-24-28-32-36-43(47)35-31-27-23-21-14-12-10-8-6-4-2/h6,8,12,14,23,25,27-29,31-32,34-35,39,43-44,47H,3-5,7,9-11,13,15-22,24,26,30,33,36-38,40-42,46H2,1-2H3,(H,49,50). The minimum atomic E-state index is -4.33. The number of aliphatic hydroxyl groups excluding tert-OH is 1. The Balaban J connectivity index is 4.32. The molecule has 0 aromatic rings. The zero-order valence-corrected chi connectivity index (χ0v) is 35.4. The first kappa shape index (κ1) is 52.5. The second kappa shape index (κ2) is 41.1. The van der Waals surface area contributed by atoms with E-state index in [0.29, 0.717) is 19.3 Å². The maximum atomic E-state index is 12.5. The highest BCUT2D eigenvalue weighted by Gasteiger charge is 2.25. The van der Waals surface area contributed by atoms with Gasteiger partial charge in [-0.25, -0.2) is 4.57 Å². The molecule has 0 saturated carbocycles. The fourth-order valence-corrected chi connectivity index (χ4v) is 6.13. The molecule has 0 bridgehead atoms. The summed E-state index contributed by atoms with van der Waals surface area (Å²) >= 11 is 0. The molecule has 0 aliphatic heterocycles. The van der Waals surface area contributed by atoms with E-state index >= 15 is 0 Å². The second-order valence-corrected chi connectivity index (χ2v) is 15.2. The average molecular weight is 792 g/mol. The van der Waals surface area contributed by atoms with E-state index in [2.05, 4.69) is 44.2 Å². The van der Waals surface area contributed by atoms with Crippen LogP contribution in [-0.4, -0.2) is 54.5 Å². The fourth-order valence-electron chi connectivity index (χ4n) is 5.37. The summed E-state index contributed by atoms with van der Waals surface area (Å²) in [6.45, 7) is 3.94. The predicted octanol–water partition coefficient (Wildman–Crippen LogP) is 11.8.